The lowest BCUT2D eigenvalue weighted by Crippen LogP contribution is -2.68. The van der Waals surface area contributed by atoms with Crippen LogP contribution in [0.15, 0.2) is 53.5 Å². The first-order valence-electron chi connectivity index (χ1n) is 15.4. The number of hydrogen-bond acceptors (Lipinski definition) is 9. The van der Waals surface area contributed by atoms with Gasteiger partial charge in [-0.25, -0.2) is 4.79 Å². The Morgan fingerprint density at radius 2 is 1.84 bits per heavy atom. The second kappa shape index (κ2) is 17.9. The number of carboxylic acid groups (broad SMARTS) is 1. The monoisotopic (exact) mass is 675 g/mol. The van der Waals surface area contributed by atoms with E-state index in [9.17, 15) is 14.1 Å². The van der Waals surface area contributed by atoms with Gasteiger partial charge in [-0.2, -0.15) is 4.99 Å². The van der Waals surface area contributed by atoms with Crippen molar-refractivity contribution in [1.82, 2.24) is 4.90 Å². The highest BCUT2D eigenvalue weighted by molar-refractivity contribution is 8.01. The fourth-order valence-electron chi connectivity index (χ4n) is 5.32. The lowest BCUT2D eigenvalue weighted by molar-refractivity contribution is -0.159. The topological polar surface area (TPSA) is 138 Å². The minimum absolute atomic E-state index is 0.154. The fraction of sp³-hybridized carbons (Fsp3) is 0.545. The summed E-state index contributed by atoms with van der Waals surface area (Å²) >= 11 is 5.14. The molecule has 5 atom stereocenters. The molecule has 9 nitrogen and oxygen atoms in total. The number of rotatable bonds is 12. The molecule has 1 amide bonds. The number of nitrogens with two attached hydrogens (primary N) is 1. The first kappa shape index (κ1) is 36.9. The van der Waals surface area contributed by atoms with Crippen LogP contribution >= 0.6 is 24.0 Å². The Morgan fingerprint density at radius 3 is 2.51 bits per heavy atom. The lowest BCUT2D eigenvalue weighted by Gasteiger charge is -2.41. The Bertz CT molecular complexity index is 1310. The highest BCUT2D eigenvalue weighted by Gasteiger charge is 2.62. The van der Waals surface area contributed by atoms with E-state index in [1.54, 1.807) is 0 Å². The molecule has 0 aromatic heterocycles. The Balaban J connectivity index is 0.000000204. The predicted octanol–water partition coefficient (Wildman–Crippen LogP) is 6.34. The van der Waals surface area contributed by atoms with Gasteiger partial charge in [-0.3, -0.25) is 4.79 Å². The Kier molecular flexibility index (Phi) is 14.7. The number of unbranched alkanes of at least 4 members (excludes halogenated alkanes) is 5. The lowest BCUT2D eigenvalue weighted by atomic mass is 9.96. The molecule has 2 aromatic carbocycles. The molecule has 3 aliphatic rings. The predicted molar refractivity (Wildman–Crippen MR) is 185 cm³/mol. The molecule has 2 unspecified atom stereocenters. The SMILES string of the molecule is CC1(C)S[C@@H]2[C@H](N)C(=O)N2[C@H]1C(=O)O.CCCCCCCC[S+]([O-])C(C)Cc1ccc2c(c1)OCO2.S=C=Nc1ccccc1. The summed E-state index contributed by atoms with van der Waals surface area (Å²) in [5.74, 6) is 1.25. The zero-order valence-corrected chi connectivity index (χ0v) is 28.9. The van der Waals surface area contributed by atoms with Gasteiger partial charge in [-0.05, 0) is 75.7 Å². The average molecular weight is 676 g/mol. The normalized spacial score (nSPS) is 21.5. The molecule has 0 aliphatic carbocycles. The van der Waals surface area contributed by atoms with Crippen LogP contribution in [0.5, 0.6) is 11.5 Å². The average Bonchev–Trinajstić information content (AvgIpc) is 3.59. The van der Waals surface area contributed by atoms with Crippen molar-refractivity contribution in [2.24, 2.45) is 10.7 Å². The van der Waals surface area contributed by atoms with Gasteiger partial charge >= 0.3 is 5.97 Å². The summed E-state index contributed by atoms with van der Waals surface area (Å²) in [5, 5.41) is 11.4. The van der Waals surface area contributed by atoms with Gasteiger partial charge in [-0.1, -0.05) is 68.0 Å². The van der Waals surface area contributed by atoms with Crippen LogP contribution < -0.4 is 15.2 Å². The Labute approximate surface area is 279 Å². The van der Waals surface area contributed by atoms with Crippen LogP contribution in [0.4, 0.5) is 5.69 Å². The van der Waals surface area contributed by atoms with E-state index in [0.717, 1.165) is 35.8 Å². The Morgan fingerprint density at radius 1 is 1.18 bits per heavy atom. The second-order valence-corrected chi connectivity index (χ2v) is 15.6. The molecule has 0 saturated carbocycles. The highest BCUT2D eigenvalue weighted by Crippen LogP contribution is 2.50. The molecule has 0 bridgehead atoms. The Hall–Kier alpha value is -2.60. The maximum atomic E-state index is 12.3. The number of thiocarbonyl (C=S) groups is 1. The molecule has 45 heavy (non-hydrogen) atoms. The minimum atomic E-state index is -0.953. The van der Waals surface area contributed by atoms with E-state index in [-0.39, 0.29) is 16.5 Å². The maximum absolute atomic E-state index is 12.3. The summed E-state index contributed by atoms with van der Waals surface area (Å²) in [6.45, 7) is 8.27. The number of thioether (sulfide) groups is 1. The van der Waals surface area contributed by atoms with E-state index >= 15 is 0 Å². The van der Waals surface area contributed by atoms with Crippen molar-refractivity contribution in [2.75, 3.05) is 12.5 Å². The van der Waals surface area contributed by atoms with E-state index in [2.05, 4.69) is 36.2 Å². The molecule has 3 N–H and O–H groups in total. The number of carbonyl (C=O) groups excluding carboxylic acids is 1. The number of nitrogens with zero attached hydrogens (tertiary/aromatic N) is 2. The number of amides is 1. The summed E-state index contributed by atoms with van der Waals surface area (Å²) in [5.41, 5.74) is 7.61. The van der Waals surface area contributed by atoms with Crippen LogP contribution in [-0.4, -0.2) is 71.6 Å². The van der Waals surface area contributed by atoms with Crippen LogP contribution in [0.3, 0.4) is 0 Å². The number of hydrogen-bond donors (Lipinski definition) is 2. The number of isothiocyanates is 1. The zero-order valence-electron chi connectivity index (χ0n) is 26.5. The van der Waals surface area contributed by atoms with Crippen molar-refractivity contribution in [3.05, 3.63) is 54.1 Å². The van der Waals surface area contributed by atoms with Crippen molar-refractivity contribution in [2.45, 2.75) is 100 Å². The van der Waals surface area contributed by atoms with Crippen LogP contribution in [-0.2, 0) is 27.2 Å². The van der Waals surface area contributed by atoms with Gasteiger partial charge in [0.15, 0.2) is 11.5 Å². The van der Waals surface area contributed by atoms with Gasteiger partial charge < -0.3 is 29.8 Å². The van der Waals surface area contributed by atoms with E-state index in [1.807, 2.05) is 62.4 Å². The number of ether oxygens (including phenoxy) is 2. The van der Waals surface area contributed by atoms with Crippen LogP contribution in [0.25, 0.3) is 0 Å². The molecule has 2 saturated heterocycles. The van der Waals surface area contributed by atoms with Crippen molar-refractivity contribution in [3.63, 3.8) is 0 Å². The molecule has 3 heterocycles. The van der Waals surface area contributed by atoms with Gasteiger partial charge in [0, 0.05) is 11.2 Å². The number of benzene rings is 2. The highest BCUT2D eigenvalue weighted by atomic mass is 32.2. The third-order valence-corrected chi connectivity index (χ3v) is 11.2. The third-order valence-electron chi connectivity index (χ3n) is 7.76. The second-order valence-electron chi connectivity index (χ2n) is 11.7. The smallest absolute Gasteiger partial charge is 0.327 e. The molecule has 0 radical (unpaired) electrons. The summed E-state index contributed by atoms with van der Waals surface area (Å²) in [4.78, 5) is 27.5. The van der Waals surface area contributed by atoms with Gasteiger partial charge in [0.25, 0.3) is 0 Å². The zero-order chi connectivity index (χ0) is 33.0. The van der Waals surface area contributed by atoms with Crippen LogP contribution in [0, 0.1) is 0 Å². The van der Waals surface area contributed by atoms with Crippen molar-refractivity contribution in [3.8, 4) is 11.5 Å². The molecule has 246 valence electrons. The third kappa shape index (κ3) is 10.5. The molecule has 5 rings (SSSR count). The summed E-state index contributed by atoms with van der Waals surface area (Å²) in [6.07, 6.45) is 8.32. The van der Waals surface area contributed by atoms with Crippen molar-refractivity contribution >= 4 is 57.9 Å². The van der Waals surface area contributed by atoms with Gasteiger partial charge in [-0.15, -0.1) is 11.8 Å². The van der Waals surface area contributed by atoms with Gasteiger partial charge in [0.2, 0.25) is 12.7 Å². The maximum Gasteiger partial charge on any atom is 0.327 e. The standard InChI is InChI=1S/C18H28O3S.C8H12N2O3S.C7H5NS/c1-3-4-5-6-7-8-11-22(19)15(2)12-16-9-10-17-18(13-16)21-14-20-17;1-8(2)4(7(12)13)10-5(11)3(9)6(10)14-8;9-6-8-7-4-2-1-3-5-7/h9-10,13,15H,3-8,11-12,14H2,1-2H3;3-4,6H,9H2,1-2H3,(H,12,13);1-5H/t;3-,4+,6-;/m.1./s1. The quantitative estimate of drug-likeness (QED) is 0.0868. The number of aliphatic imine (C=N–C) groups is 1. The number of aliphatic carboxylic acids is 1. The molecule has 2 aromatic rings. The minimum Gasteiger partial charge on any atom is -0.616 e. The molecule has 0 spiro atoms. The molecule has 12 heteroatoms. The molecular weight excluding hydrogens is 631 g/mol. The fourth-order valence-corrected chi connectivity index (χ4v) is 8.26. The number of para-hydroxylation sites is 1. The van der Waals surface area contributed by atoms with Crippen molar-refractivity contribution in [1.29, 1.82) is 0 Å². The van der Waals surface area contributed by atoms with Crippen molar-refractivity contribution < 1.29 is 28.7 Å². The van der Waals surface area contributed by atoms with E-state index in [4.69, 9.17) is 20.3 Å². The number of carboxylic acids is 1. The van der Waals surface area contributed by atoms with Crippen LogP contribution in [0.1, 0.15) is 71.8 Å². The van der Waals surface area contributed by atoms with E-state index in [0.29, 0.717) is 6.79 Å². The summed E-state index contributed by atoms with van der Waals surface area (Å²) in [6, 6.07) is 14.2. The first-order chi connectivity index (χ1) is 21.5. The largest absolute Gasteiger partial charge is 0.616 e. The first-order valence-corrected chi connectivity index (χ1v) is 18.0. The van der Waals surface area contributed by atoms with Crippen LogP contribution in [0.2, 0.25) is 0 Å². The summed E-state index contributed by atoms with van der Waals surface area (Å²) < 4.78 is 22.6. The molecular formula is C33H45N3O6S3. The van der Waals surface area contributed by atoms with E-state index < -0.39 is 34.0 Å². The van der Waals surface area contributed by atoms with E-state index in [1.165, 1.54) is 54.3 Å². The summed E-state index contributed by atoms with van der Waals surface area (Å²) in [7, 11) is 0. The molecule has 2 fully saturated rings. The number of β-lactam (4-membered cyclic amide) rings is 1. The van der Waals surface area contributed by atoms with Gasteiger partial charge in [0.1, 0.15) is 28.5 Å². The molecule has 3 aliphatic heterocycles. The van der Waals surface area contributed by atoms with Gasteiger partial charge in [0.05, 0.1) is 10.8 Å². The number of fused-ring (bicyclic) bond motifs is 2. The number of carbonyl (C=O) groups is 2.